The molecule has 2 amide bonds. The van der Waals surface area contributed by atoms with Crippen molar-refractivity contribution in [1.29, 1.82) is 0 Å². The normalized spacial score (nSPS) is 17.1. The molecule has 6 heteroatoms. The van der Waals surface area contributed by atoms with E-state index in [1.165, 1.54) is 31.1 Å². The molecule has 0 unspecified atom stereocenters. The first-order chi connectivity index (χ1) is 14.0. The molecule has 3 heterocycles. The number of rotatable bonds is 4. The summed E-state index contributed by atoms with van der Waals surface area (Å²) < 4.78 is 5.23. The van der Waals surface area contributed by atoms with Crippen LogP contribution in [-0.4, -0.2) is 28.2 Å². The van der Waals surface area contributed by atoms with Gasteiger partial charge in [0.2, 0.25) is 5.91 Å². The number of pyridine rings is 1. The minimum Gasteiger partial charge on any atom is -0.469 e. The Balaban J connectivity index is 1.47. The molecule has 0 atom stereocenters. The molecule has 6 nitrogen and oxygen atoms in total. The van der Waals surface area contributed by atoms with Gasteiger partial charge in [-0.05, 0) is 55.9 Å². The fourth-order valence-corrected chi connectivity index (χ4v) is 4.64. The summed E-state index contributed by atoms with van der Waals surface area (Å²) in [5, 5.41) is 3.00. The Morgan fingerprint density at radius 3 is 2.76 bits per heavy atom. The monoisotopic (exact) mass is 395 g/mol. The fourth-order valence-electron chi connectivity index (χ4n) is 4.64. The molecule has 1 aliphatic heterocycles. The van der Waals surface area contributed by atoms with E-state index in [9.17, 15) is 9.59 Å². The van der Waals surface area contributed by atoms with E-state index < -0.39 is 0 Å². The van der Waals surface area contributed by atoms with Crippen molar-refractivity contribution in [2.75, 3.05) is 6.54 Å². The van der Waals surface area contributed by atoms with Gasteiger partial charge in [-0.2, -0.15) is 0 Å². The molecule has 0 radical (unpaired) electrons. The molecule has 1 aliphatic carbocycles. The summed E-state index contributed by atoms with van der Waals surface area (Å²) >= 11 is 0. The largest absolute Gasteiger partial charge is 0.469 e. The van der Waals surface area contributed by atoms with Crippen LogP contribution in [0.2, 0.25) is 0 Å². The molecule has 1 fully saturated rings. The first-order valence-corrected chi connectivity index (χ1v) is 10.6. The second kappa shape index (κ2) is 8.39. The average Bonchev–Trinajstić information content (AvgIpc) is 3.18. The molecule has 0 bridgehead atoms. The SMILES string of the molecule is Cc1ncc2c(c1CNC(=O)c1ccoc1C)CCN(C(=O)C1CCCCC1)C2. The van der Waals surface area contributed by atoms with E-state index in [1.54, 1.807) is 13.0 Å². The molecule has 0 spiro atoms. The number of aryl methyl sites for hydroxylation is 2. The van der Waals surface area contributed by atoms with Crippen molar-refractivity contribution < 1.29 is 14.0 Å². The number of fused-ring (bicyclic) bond motifs is 1. The standard InChI is InChI=1S/C23H29N3O3/c1-15-21(13-25-22(27)19-9-11-29-16(19)2)20-8-10-26(14-18(20)12-24-15)23(28)17-6-4-3-5-7-17/h9,11-12,17H,3-8,10,13-14H2,1-2H3,(H,25,27). The molecule has 154 valence electrons. The Labute approximate surface area is 171 Å². The highest BCUT2D eigenvalue weighted by Crippen LogP contribution is 2.29. The number of hydrogen-bond acceptors (Lipinski definition) is 4. The predicted molar refractivity (Wildman–Crippen MR) is 109 cm³/mol. The third-order valence-electron chi connectivity index (χ3n) is 6.39. The number of aromatic nitrogens is 1. The molecule has 0 saturated heterocycles. The fraction of sp³-hybridized carbons (Fsp3) is 0.522. The van der Waals surface area contributed by atoms with E-state index in [2.05, 4.69) is 10.3 Å². The Hall–Kier alpha value is -2.63. The van der Waals surface area contributed by atoms with Gasteiger partial charge in [-0.1, -0.05) is 19.3 Å². The van der Waals surface area contributed by atoms with Gasteiger partial charge in [0.1, 0.15) is 5.76 Å². The van der Waals surface area contributed by atoms with Gasteiger partial charge in [0, 0.05) is 37.4 Å². The molecule has 2 aliphatic rings. The molecule has 1 saturated carbocycles. The second-order valence-corrected chi connectivity index (χ2v) is 8.24. The summed E-state index contributed by atoms with van der Waals surface area (Å²) in [5.74, 6) is 0.976. The molecular formula is C23H29N3O3. The van der Waals surface area contributed by atoms with Gasteiger partial charge in [-0.3, -0.25) is 14.6 Å². The summed E-state index contributed by atoms with van der Waals surface area (Å²) in [6, 6.07) is 1.69. The van der Waals surface area contributed by atoms with Crippen LogP contribution in [0.1, 0.15) is 70.6 Å². The molecule has 2 aromatic rings. The van der Waals surface area contributed by atoms with Crippen molar-refractivity contribution in [2.45, 2.75) is 65.5 Å². The van der Waals surface area contributed by atoms with Crippen LogP contribution in [0.3, 0.4) is 0 Å². The Morgan fingerprint density at radius 2 is 2.03 bits per heavy atom. The minimum atomic E-state index is -0.141. The Kier molecular flexibility index (Phi) is 5.69. The van der Waals surface area contributed by atoms with Crippen molar-refractivity contribution >= 4 is 11.8 Å². The number of hydrogen-bond donors (Lipinski definition) is 1. The van der Waals surface area contributed by atoms with Gasteiger partial charge in [0.25, 0.3) is 5.91 Å². The molecule has 29 heavy (non-hydrogen) atoms. The van der Waals surface area contributed by atoms with Crippen LogP contribution in [0.4, 0.5) is 0 Å². The van der Waals surface area contributed by atoms with Gasteiger partial charge in [-0.15, -0.1) is 0 Å². The number of carbonyl (C=O) groups excluding carboxylic acids is 2. The first-order valence-electron chi connectivity index (χ1n) is 10.6. The lowest BCUT2D eigenvalue weighted by Crippen LogP contribution is -2.41. The summed E-state index contributed by atoms with van der Waals surface area (Å²) in [5.41, 5.74) is 4.90. The van der Waals surface area contributed by atoms with Crippen LogP contribution < -0.4 is 5.32 Å². The topological polar surface area (TPSA) is 75.4 Å². The lowest BCUT2D eigenvalue weighted by molar-refractivity contribution is -0.137. The first kappa shape index (κ1) is 19.7. The molecule has 4 rings (SSSR count). The predicted octanol–water partition coefficient (Wildman–Crippen LogP) is 3.69. The third-order valence-corrected chi connectivity index (χ3v) is 6.39. The molecular weight excluding hydrogens is 366 g/mol. The minimum absolute atomic E-state index is 0.141. The van der Waals surface area contributed by atoms with Gasteiger partial charge >= 0.3 is 0 Å². The van der Waals surface area contributed by atoms with Crippen molar-refractivity contribution in [1.82, 2.24) is 15.2 Å². The lowest BCUT2D eigenvalue weighted by atomic mass is 9.87. The van der Waals surface area contributed by atoms with Gasteiger partial charge in [0.05, 0.1) is 11.8 Å². The zero-order valence-corrected chi connectivity index (χ0v) is 17.3. The van der Waals surface area contributed by atoms with Crippen molar-refractivity contribution in [3.05, 3.63) is 52.2 Å². The van der Waals surface area contributed by atoms with E-state index in [-0.39, 0.29) is 11.8 Å². The van der Waals surface area contributed by atoms with E-state index >= 15 is 0 Å². The number of nitrogens with one attached hydrogen (secondary N) is 1. The highest BCUT2D eigenvalue weighted by molar-refractivity contribution is 5.95. The van der Waals surface area contributed by atoms with E-state index in [0.717, 1.165) is 42.6 Å². The summed E-state index contributed by atoms with van der Waals surface area (Å²) in [6.07, 6.45) is 9.88. The Morgan fingerprint density at radius 1 is 1.24 bits per heavy atom. The van der Waals surface area contributed by atoms with Crippen LogP contribution >= 0.6 is 0 Å². The number of amides is 2. The zero-order chi connectivity index (χ0) is 20.4. The second-order valence-electron chi connectivity index (χ2n) is 8.24. The van der Waals surface area contributed by atoms with Crippen LogP contribution in [-0.2, 0) is 24.3 Å². The van der Waals surface area contributed by atoms with Crippen LogP contribution in [0.25, 0.3) is 0 Å². The summed E-state index contributed by atoms with van der Waals surface area (Å²) in [7, 11) is 0. The summed E-state index contributed by atoms with van der Waals surface area (Å²) in [6.45, 7) is 5.56. The number of nitrogens with zero attached hydrogens (tertiary/aromatic N) is 2. The van der Waals surface area contributed by atoms with Gasteiger partial charge in [-0.25, -0.2) is 0 Å². The zero-order valence-electron chi connectivity index (χ0n) is 17.3. The Bertz CT molecular complexity index is 912. The maximum atomic E-state index is 12.9. The smallest absolute Gasteiger partial charge is 0.255 e. The van der Waals surface area contributed by atoms with Gasteiger partial charge < -0.3 is 14.6 Å². The highest BCUT2D eigenvalue weighted by atomic mass is 16.3. The van der Waals surface area contributed by atoms with E-state index in [4.69, 9.17) is 4.42 Å². The van der Waals surface area contributed by atoms with Crippen molar-refractivity contribution in [2.24, 2.45) is 5.92 Å². The molecule has 1 N–H and O–H groups in total. The number of furan rings is 1. The third kappa shape index (κ3) is 4.07. The lowest BCUT2D eigenvalue weighted by Gasteiger charge is -2.34. The van der Waals surface area contributed by atoms with Crippen LogP contribution in [0.15, 0.2) is 22.9 Å². The maximum Gasteiger partial charge on any atom is 0.255 e. The molecule has 0 aromatic carbocycles. The average molecular weight is 396 g/mol. The van der Waals surface area contributed by atoms with E-state index in [0.29, 0.717) is 30.3 Å². The van der Waals surface area contributed by atoms with Crippen LogP contribution in [0, 0.1) is 19.8 Å². The summed E-state index contributed by atoms with van der Waals surface area (Å²) in [4.78, 5) is 31.9. The van der Waals surface area contributed by atoms with Crippen LogP contribution in [0.5, 0.6) is 0 Å². The number of carbonyl (C=O) groups is 2. The maximum absolute atomic E-state index is 12.9. The van der Waals surface area contributed by atoms with Crippen molar-refractivity contribution in [3.63, 3.8) is 0 Å². The van der Waals surface area contributed by atoms with E-state index in [1.807, 2.05) is 18.0 Å². The van der Waals surface area contributed by atoms with Gasteiger partial charge in [0.15, 0.2) is 0 Å². The highest BCUT2D eigenvalue weighted by Gasteiger charge is 2.29. The van der Waals surface area contributed by atoms with Crippen molar-refractivity contribution in [3.8, 4) is 0 Å². The quantitative estimate of drug-likeness (QED) is 0.857. The molecule has 2 aromatic heterocycles.